The minimum Gasteiger partial charge on any atom is -0.340 e. The molecule has 0 aromatic carbocycles. The zero-order valence-corrected chi connectivity index (χ0v) is 13.3. The van der Waals surface area contributed by atoms with E-state index in [4.69, 9.17) is 0 Å². The van der Waals surface area contributed by atoms with E-state index in [0.29, 0.717) is 19.4 Å². The number of amides is 2. The summed E-state index contributed by atoms with van der Waals surface area (Å²) in [6.45, 7) is 8.25. The summed E-state index contributed by atoms with van der Waals surface area (Å²) in [5.74, 6) is -0.0126. The second kappa shape index (κ2) is 5.56. The molecule has 2 heterocycles. The van der Waals surface area contributed by atoms with Gasteiger partial charge < -0.3 is 10.2 Å². The molecule has 2 unspecified atom stereocenters. The van der Waals surface area contributed by atoms with Crippen molar-refractivity contribution in [1.29, 1.82) is 0 Å². The molecule has 5 heteroatoms. The second-order valence-corrected chi connectivity index (χ2v) is 6.36. The van der Waals surface area contributed by atoms with Crippen LogP contribution in [-0.4, -0.2) is 28.3 Å². The fourth-order valence-electron chi connectivity index (χ4n) is 2.57. The van der Waals surface area contributed by atoms with Gasteiger partial charge in [0.05, 0.1) is 0 Å². The number of rotatable bonds is 4. The highest BCUT2D eigenvalue weighted by molar-refractivity contribution is 7.08. The number of hydrogen-bond acceptors (Lipinski definition) is 3. The largest absolute Gasteiger partial charge is 0.340 e. The number of nitrogens with one attached hydrogen (secondary N) is 1. The van der Waals surface area contributed by atoms with Crippen LogP contribution in [0, 0.1) is 6.92 Å². The van der Waals surface area contributed by atoms with E-state index in [-0.39, 0.29) is 17.9 Å². The van der Waals surface area contributed by atoms with Crippen LogP contribution in [0.4, 0.5) is 0 Å². The number of aryl methyl sites for hydroxylation is 1. The summed E-state index contributed by atoms with van der Waals surface area (Å²) in [6.07, 6.45) is 1.24. The first-order valence-corrected chi connectivity index (χ1v) is 8.02. The van der Waals surface area contributed by atoms with Crippen LogP contribution in [0.1, 0.15) is 44.7 Å². The molecule has 4 nitrogen and oxygen atoms in total. The van der Waals surface area contributed by atoms with Gasteiger partial charge in [0, 0.05) is 6.54 Å². The van der Waals surface area contributed by atoms with Gasteiger partial charge in [0.2, 0.25) is 11.8 Å². The standard InChI is InChI=1S/C15H22N2O2S/c1-5-12-13(18)16-15(4,6-2)14(19)17(12)7-11-9-20-8-10(11)3/h8-9,12H,5-7H2,1-4H3,(H,16,18). The van der Waals surface area contributed by atoms with Crippen molar-refractivity contribution >= 4 is 23.2 Å². The van der Waals surface area contributed by atoms with Crippen molar-refractivity contribution in [3.63, 3.8) is 0 Å². The van der Waals surface area contributed by atoms with Gasteiger partial charge in [-0.3, -0.25) is 9.59 Å². The summed E-state index contributed by atoms with van der Waals surface area (Å²) in [5.41, 5.74) is 1.55. The Bertz CT molecular complexity index is 526. The smallest absolute Gasteiger partial charge is 0.249 e. The van der Waals surface area contributed by atoms with Crippen LogP contribution in [0.5, 0.6) is 0 Å². The van der Waals surface area contributed by atoms with E-state index in [2.05, 4.69) is 16.1 Å². The third kappa shape index (κ3) is 2.46. The molecule has 1 fully saturated rings. The van der Waals surface area contributed by atoms with Gasteiger partial charge in [-0.25, -0.2) is 0 Å². The normalized spacial score (nSPS) is 26.8. The lowest BCUT2D eigenvalue weighted by Gasteiger charge is -2.44. The summed E-state index contributed by atoms with van der Waals surface area (Å²) in [5, 5.41) is 7.02. The first kappa shape index (κ1) is 15.0. The molecule has 0 saturated carbocycles. The third-order valence-electron chi connectivity index (χ3n) is 4.21. The number of nitrogens with zero attached hydrogens (tertiary/aromatic N) is 1. The predicted molar refractivity (Wildman–Crippen MR) is 80.5 cm³/mol. The Morgan fingerprint density at radius 1 is 1.35 bits per heavy atom. The lowest BCUT2D eigenvalue weighted by atomic mass is 9.91. The quantitative estimate of drug-likeness (QED) is 0.927. The first-order chi connectivity index (χ1) is 9.42. The highest BCUT2D eigenvalue weighted by Crippen LogP contribution is 2.26. The van der Waals surface area contributed by atoms with Crippen molar-refractivity contribution < 1.29 is 9.59 Å². The molecule has 1 aliphatic heterocycles. The van der Waals surface area contributed by atoms with Gasteiger partial charge in [-0.1, -0.05) is 13.8 Å². The van der Waals surface area contributed by atoms with Crippen LogP contribution < -0.4 is 5.32 Å². The molecule has 0 spiro atoms. The molecule has 1 aromatic heterocycles. The Labute approximate surface area is 124 Å². The van der Waals surface area contributed by atoms with Gasteiger partial charge in [0.25, 0.3) is 0 Å². The van der Waals surface area contributed by atoms with Crippen LogP contribution in [0.15, 0.2) is 10.8 Å². The molecule has 1 N–H and O–H groups in total. The Kier molecular flexibility index (Phi) is 4.18. The molecule has 2 atom stereocenters. The van der Waals surface area contributed by atoms with Crippen molar-refractivity contribution in [2.45, 2.75) is 58.7 Å². The van der Waals surface area contributed by atoms with Crippen LogP contribution in [0.3, 0.4) is 0 Å². The molecule has 110 valence electrons. The Hall–Kier alpha value is -1.36. The van der Waals surface area contributed by atoms with Gasteiger partial charge in [-0.2, -0.15) is 11.3 Å². The first-order valence-electron chi connectivity index (χ1n) is 7.07. The molecular formula is C15H22N2O2S. The summed E-state index contributed by atoms with van der Waals surface area (Å²) in [7, 11) is 0. The fourth-order valence-corrected chi connectivity index (χ4v) is 3.42. The SMILES string of the molecule is CCC1C(=O)NC(C)(CC)C(=O)N1Cc1cscc1C. The maximum absolute atomic E-state index is 12.7. The topological polar surface area (TPSA) is 49.4 Å². The Morgan fingerprint density at radius 2 is 2.05 bits per heavy atom. The summed E-state index contributed by atoms with van der Waals surface area (Å²) in [6, 6.07) is -0.360. The Balaban J connectivity index is 2.32. The molecule has 20 heavy (non-hydrogen) atoms. The number of hydrogen-bond donors (Lipinski definition) is 1. The van der Waals surface area contributed by atoms with Crippen LogP contribution in [0.25, 0.3) is 0 Å². The molecule has 0 aliphatic carbocycles. The summed E-state index contributed by atoms with van der Waals surface area (Å²) < 4.78 is 0. The van der Waals surface area contributed by atoms with E-state index in [1.807, 2.05) is 27.7 Å². The highest BCUT2D eigenvalue weighted by Gasteiger charge is 2.46. The molecule has 1 saturated heterocycles. The van der Waals surface area contributed by atoms with Crippen molar-refractivity contribution in [3.8, 4) is 0 Å². The van der Waals surface area contributed by atoms with Crippen LogP contribution in [-0.2, 0) is 16.1 Å². The van der Waals surface area contributed by atoms with Crippen molar-refractivity contribution in [3.05, 3.63) is 21.9 Å². The van der Waals surface area contributed by atoms with E-state index in [1.54, 1.807) is 16.2 Å². The molecule has 0 radical (unpaired) electrons. The van der Waals surface area contributed by atoms with E-state index in [9.17, 15) is 9.59 Å². The molecule has 1 aliphatic rings. The predicted octanol–water partition coefficient (Wildman–Crippen LogP) is 2.46. The van der Waals surface area contributed by atoms with Crippen LogP contribution >= 0.6 is 11.3 Å². The van der Waals surface area contributed by atoms with Gasteiger partial charge in [0.1, 0.15) is 11.6 Å². The average Bonchev–Trinajstić information content (AvgIpc) is 2.81. The molecule has 1 aromatic rings. The minimum atomic E-state index is -0.771. The number of carbonyl (C=O) groups excluding carboxylic acids is 2. The Morgan fingerprint density at radius 3 is 2.55 bits per heavy atom. The minimum absolute atomic E-state index is 0.0250. The van der Waals surface area contributed by atoms with E-state index < -0.39 is 5.54 Å². The van der Waals surface area contributed by atoms with Crippen molar-refractivity contribution in [2.24, 2.45) is 0 Å². The van der Waals surface area contributed by atoms with Gasteiger partial charge >= 0.3 is 0 Å². The average molecular weight is 294 g/mol. The lowest BCUT2D eigenvalue weighted by molar-refractivity contribution is -0.155. The van der Waals surface area contributed by atoms with Gasteiger partial charge in [0.15, 0.2) is 0 Å². The molecule has 0 bridgehead atoms. The van der Waals surface area contributed by atoms with E-state index in [0.717, 1.165) is 5.56 Å². The maximum Gasteiger partial charge on any atom is 0.249 e. The fraction of sp³-hybridized carbons (Fsp3) is 0.600. The lowest BCUT2D eigenvalue weighted by Crippen LogP contribution is -2.68. The van der Waals surface area contributed by atoms with Crippen molar-refractivity contribution in [2.75, 3.05) is 0 Å². The molecule has 2 rings (SSSR count). The monoisotopic (exact) mass is 294 g/mol. The second-order valence-electron chi connectivity index (χ2n) is 5.61. The van der Waals surface area contributed by atoms with E-state index in [1.165, 1.54) is 5.56 Å². The molecular weight excluding hydrogens is 272 g/mol. The maximum atomic E-state index is 12.7. The zero-order chi connectivity index (χ0) is 14.9. The van der Waals surface area contributed by atoms with Crippen LogP contribution in [0.2, 0.25) is 0 Å². The number of piperazine rings is 1. The van der Waals surface area contributed by atoms with Gasteiger partial charge in [-0.05, 0) is 48.6 Å². The summed E-state index contributed by atoms with van der Waals surface area (Å²) in [4.78, 5) is 26.8. The molecule has 2 amide bonds. The third-order valence-corrected chi connectivity index (χ3v) is 5.12. The zero-order valence-electron chi connectivity index (χ0n) is 12.5. The summed E-state index contributed by atoms with van der Waals surface area (Å²) >= 11 is 1.63. The van der Waals surface area contributed by atoms with Gasteiger partial charge in [-0.15, -0.1) is 0 Å². The highest BCUT2D eigenvalue weighted by atomic mass is 32.1. The number of carbonyl (C=O) groups is 2. The van der Waals surface area contributed by atoms with Crippen molar-refractivity contribution in [1.82, 2.24) is 10.2 Å². The number of thiophene rings is 1. The van der Waals surface area contributed by atoms with E-state index >= 15 is 0 Å².